The smallest absolute Gasteiger partial charge is 0.0601 e. The molecule has 2 nitrogen and oxygen atoms in total. The highest BCUT2D eigenvalue weighted by molar-refractivity contribution is 4.92. The summed E-state index contributed by atoms with van der Waals surface area (Å²) < 4.78 is 0. The lowest BCUT2D eigenvalue weighted by Crippen LogP contribution is -2.46. The van der Waals surface area contributed by atoms with Gasteiger partial charge in [-0.05, 0) is 31.7 Å². The van der Waals surface area contributed by atoms with Gasteiger partial charge in [0.05, 0.1) is 6.54 Å². The number of nitrogens with zero attached hydrogens (tertiary/aromatic N) is 1. The van der Waals surface area contributed by atoms with Crippen molar-refractivity contribution in [2.45, 2.75) is 52.1 Å². The Morgan fingerprint density at radius 2 is 2.12 bits per heavy atom. The molecule has 0 saturated heterocycles. The predicted octanol–water partition coefficient (Wildman–Crippen LogP) is 2.11. The van der Waals surface area contributed by atoms with Crippen LogP contribution in [0.25, 0.3) is 0 Å². The van der Waals surface area contributed by atoms with E-state index in [0.29, 0.717) is 12.0 Å². The molecule has 1 aliphatic carbocycles. The molecule has 0 aliphatic heterocycles. The zero-order chi connectivity index (χ0) is 12.0. The summed E-state index contributed by atoms with van der Waals surface area (Å²) in [6.07, 6.45) is 9.34. The second-order valence-corrected chi connectivity index (χ2v) is 5.17. The van der Waals surface area contributed by atoms with E-state index in [0.717, 1.165) is 25.7 Å². The summed E-state index contributed by atoms with van der Waals surface area (Å²) in [5, 5.41) is 3.63. The maximum absolute atomic E-state index is 5.45. The summed E-state index contributed by atoms with van der Waals surface area (Å²) >= 11 is 0. The van der Waals surface area contributed by atoms with E-state index < -0.39 is 0 Å². The Hall–Kier alpha value is -0.520. The average molecular weight is 222 g/mol. The highest BCUT2D eigenvalue weighted by Crippen LogP contribution is 2.20. The van der Waals surface area contributed by atoms with Crippen molar-refractivity contribution in [2.75, 3.05) is 19.6 Å². The molecule has 1 atom stereocenters. The van der Waals surface area contributed by atoms with Gasteiger partial charge in [-0.25, -0.2) is 0 Å². The fourth-order valence-electron chi connectivity index (χ4n) is 2.13. The number of terminal acetylenes is 1. The summed E-state index contributed by atoms with van der Waals surface area (Å²) in [5.41, 5.74) is 0. The molecule has 1 aliphatic rings. The third-order valence-electron chi connectivity index (χ3n) is 3.24. The van der Waals surface area contributed by atoms with Gasteiger partial charge in [0.15, 0.2) is 0 Å². The van der Waals surface area contributed by atoms with Crippen molar-refractivity contribution in [3.8, 4) is 12.3 Å². The van der Waals surface area contributed by atoms with Crippen LogP contribution in [-0.4, -0.2) is 36.6 Å². The standard InChI is InChI=1S/C14H26N2/c1-5-9-16(10-6-2)14(12(3)4)11-15-13-7-8-13/h1,12-15H,6-11H2,2-4H3. The molecule has 1 unspecified atom stereocenters. The lowest BCUT2D eigenvalue weighted by Gasteiger charge is -2.33. The Morgan fingerprint density at radius 3 is 2.56 bits per heavy atom. The van der Waals surface area contributed by atoms with E-state index in [1.807, 2.05) is 0 Å². The molecule has 1 N–H and O–H groups in total. The van der Waals surface area contributed by atoms with Crippen LogP contribution in [0.5, 0.6) is 0 Å². The lowest BCUT2D eigenvalue weighted by atomic mass is 10.0. The van der Waals surface area contributed by atoms with Crippen LogP contribution in [0.4, 0.5) is 0 Å². The zero-order valence-corrected chi connectivity index (χ0v) is 11.0. The number of hydrogen-bond acceptors (Lipinski definition) is 2. The van der Waals surface area contributed by atoms with Crippen LogP contribution in [0.15, 0.2) is 0 Å². The molecule has 1 fully saturated rings. The maximum Gasteiger partial charge on any atom is 0.0601 e. The Balaban J connectivity index is 2.45. The number of rotatable bonds is 8. The number of nitrogens with one attached hydrogen (secondary N) is 1. The van der Waals surface area contributed by atoms with Gasteiger partial charge in [-0.15, -0.1) is 6.42 Å². The Morgan fingerprint density at radius 1 is 1.44 bits per heavy atom. The fourth-order valence-corrected chi connectivity index (χ4v) is 2.13. The zero-order valence-electron chi connectivity index (χ0n) is 11.0. The largest absolute Gasteiger partial charge is 0.312 e. The van der Waals surface area contributed by atoms with Crippen molar-refractivity contribution in [3.05, 3.63) is 0 Å². The summed E-state index contributed by atoms with van der Waals surface area (Å²) in [5.74, 6) is 3.45. The topological polar surface area (TPSA) is 15.3 Å². The van der Waals surface area contributed by atoms with Gasteiger partial charge in [-0.1, -0.05) is 26.7 Å². The Bertz CT molecular complexity index is 225. The van der Waals surface area contributed by atoms with Crippen LogP contribution in [-0.2, 0) is 0 Å². The SMILES string of the molecule is C#CCN(CCC)C(CNC1CC1)C(C)C. The summed E-state index contributed by atoms with van der Waals surface area (Å²) in [7, 11) is 0. The quantitative estimate of drug-likeness (QED) is 0.633. The second-order valence-electron chi connectivity index (χ2n) is 5.17. The molecule has 0 spiro atoms. The van der Waals surface area contributed by atoms with Gasteiger partial charge in [-0.2, -0.15) is 0 Å². The van der Waals surface area contributed by atoms with E-state index in [1.165, 1.54) is 19.3 Å². The molecule has 0 bridgehead atoms. The molecule has 16 heavy (non-hydrogen) atoms. The maximum atomic E-state index is 5.45. The molecule has 1 rings (SSSR count). The third-order valence-corrected chi connectivity index (χ3v) is 3.24. The minimum absolute atomic E-state index is 0.580. The first-order valence-corrected chi connectivity index (χ1v) is 6.59. The third kappa shape index (κ3) is 4.55. The number of hydrogen-bond donors (Lipinski definition) is 1. The monoisotopic (exact) mass is 222 g/mol. The molecule has 0 aromatic rings. The normalized spacial score (nSPS) is 17.8. The minimum atomic E-state index is 0.580. The molecule has 0 heterocycles. The van der Waals surface area contributed by atoms with Gasteiger partial charge in [0, 0.05) is 18.6 Å². The summed E-state index contributed by atoms with van der Waals surface area (Å²) in [4.78, 5) is 2.44. The molecular formula is C14H26N2. The van der Waals surface area contributed by atoms with Gasteiger partial charge in [0.2, 0.25) is 0 Å². The first-order chi connectivity index (χ1) is 7.69. The van der Waals surface area contributed by atoms with Crippen molar-refractivity contribution in [1.82, 2.24) is 10.2 Å². The highest BCUT2D eigenvalue weighted by atomic mass is 15.2. The molecule has 0 aromatic carbocycles. The molecule has 0 radical (unpaired) electrons. The van der Waals surface area contributed by atoms with Crippen LogP contribution >= 0.6 is 0 Å². The fraction of sp³-hybridized carbons (Fsp3) is 0.857. The van der Waals surface area contributed by atoms with Crippen molar-refractivity contribution in [2.24, 2.45) is 5.92 Å². The molecule has 2 heteroatoms. The molecule has 1 saturated carbocycles. The Labute approximate surface area is 101 Å². The van der Waals surface area contributed by atoms with Gasteiger partial charge < -0.3 is 5.32 Å². The van der Waals surface area contributed by atoms with Crippen LogP contribution < -0.4 is 5.32 Å². The molecular weight excluding hydrogens is 196 g/mol. The highest BCUT2D eigenvalue weighted by Gasteiger charge is 2.25. The van der Waals surface area contributed by atoms with Gasteiger partial charge in [0.1, 0.15) is 0 Å². The van der Waals surface area contributed by atoms with Gasteiger partial charge >= 0.3 is 0 Å². The van der Waals surface area contributed by atoms with Crippen molar-refractivity contribution < 1.29 is 0 Å². The van der Waals surface area contributed by atoms with E-state index in [9.17, 15) is 0 Å². The first-order valence-electron chi connectivity index (χ1n) is 6.59. The van der Waals surface area contributed by atoms with E-state index in [-0.39, 0.29) is 0 Å². The van der Waals surface area contributed by atoms with Crippen LogP contribution in [0.2, 0.25) is 0 Å². The summed E-state index contributed by atoms with van der Waals surface area (Å²) in [6.45, 7) is 9.78. The van der Waals surface area contributed by atoms with Gasteiger partial charge in [0.25, 0.3) is 0 Å². The van der Waals surface area contributed by atoms with E-state index in [4.69, 9.17) is 6.42 Å². The first kappa shape index (κ1) is 13.5. The van der Waals surface area contributed by atoms with Crippen LogP contribution in [0, 0.1) is 18.3 Å². The van der Waals surface area contributed by atoms with E-state index >= 15 is 0 Å². The van der Waals surface area contributed by atoms with Gasteiger partial charge in [-0.3, -0.25) is 4.90 Å². The molecule has 0 aromatic heterocycles. The average Bonchev–Trinajstić information content (AvgIpc) is 3.02. The predicted molar refractivity (Wildman–Crippen MR) is 70.3 cm³/mol. The van der Waals surface area contributed by atoms with E-state index in [2.05, 4.69) is 36.9 Å². The van der Waals surface area contributed by atoms with Crippen LogP contribution in [0.3, 0.4) is 0 Å². The molecule has 0 amide bonds. The van der Waals surface area contributed by atoms with E-state index in [1.54, 1.807) is 0 Å². The molecule has 92 valence electrons. The van der Waals surface area contributed by atoms with Crippen molar-refractivity contribution in [1.29, 1.82) is 0 Å². The Kier molecular flexibility index (Phi) is 5.87. The van der Waals surface area contributed by atoms with Crippen LogP contribution in [0.1, 0.15) is 40.0 Å². The second kappa shape index (κ2) is 6.93. The minimum Gasteiger partial charge on any atom is -0.312 e. The lowest BCUT2D eigenvalue weighted by molar-refractivity contribution is 0.170. The van der Waals surface area contributed by atoms with Crippen molar-refractivity contribution in [3.63, 3.8) is 0 Å². The summed E-state index contributed by atoms with van der Waals surface area (Å²) in [6, 6.07) is 1.37. The van der Waals surface area contributed by atoms with Crippen molar-refractivity contribution >= 4 is 0 Å².